The van der Waals surface area contributed by atoms with Crippen molar-refractivity contribution in [2.24, 2.45) is 0 Å². The minimum absolute atomic E-state index is 0.153. The predicted molar refractivity (Wildman–Crippen MR) is 69.5 cm³/mol. The van der Waals surface area contributed by atoms with Gasteiger partial charge in [-0.25, -0.2) is 4.98 Å². The molecule has 0 N–H and O–H groups in total. The van der Waals surface area contributed by atoms with Crippen molar-refractivity contribution in [3.8, 4) is 6.07 Å². The van der Waals surface area contributed by atoms with Crippen LogP contribution in [0.15, 0.2) is 6.07 Å². The van der Waals surface area contributed by atoms with E-state index in [9.17, 15) is 18.4 Å². The van der Waals surface area contributed by atoms with E-state index >= 15 is 0 Å². The molecular weight excluding hydrogens is 267 g/mol. The van der Waals surface area contributed by atoms with Crippen LogP contribution in [-0.4, -0.2) is 23.7 Å². The lowest BCUT2D eigenvalue weighted by atomic mass is 10.1. The van der Waals surface area contributed by atoms with Gasteiger partial charge in [-0.1, -0.05) is 0 Å². The molecule has 20 heavy (non-hydrogen) atoms. The van der Waals surface area contributed by atoms with E-state index in [2.05, 4.69) is 4.98 Å². The van der Waals surface area contributed by atoms with Crippen LogP contribution in [0.25, 0.3) is 0 Å². The maximum atomic E-state index is 12.7. The van der Waals surface area contributed by atoms with E-state index in [1.807, 2.05) is 6.07 Å². The maximum Gasteiger partial charge on any atom is 0.405 e. The molecular formula is C14H16F3N3. The number of anilines is 1. The number of hydrogen-bond donors (Lipinski definition) is 0. The number of aromatic nitrogens is 1. The van der Waals surface area contributed by atoms with Gasteiger partial charge in [-0.05, 0) is 44.7 Å². The molecule has 0 amide bonds. The minimum atomic E-state index is -4.32. The Hall–Kier alpha value is -1.77. The Balaban J connectivity index is 2.45. The average Bonchev–Trinajstić information content (AvgIpc) is 2.80. The van der Waals surface area contributed by atoms with E-state index in [-0.39, 0.29) is 17.4 Å². The number of halogens is 3. The maximum absolute atomic E-state index is 12.7. The Morgan fingerprint density at radius 3 is 2.65 bits per heavy atom. The summed E-state index contributed by atoms with van der Waals surface area (Å²) < 4.78 is 38.1. The highest BCUT2D eigenvalue weighted by atomic mass is 19.4. The first-order chi connectivity index (χ1) is 9.31. The number of alkyl halides is 3. The van der Waals surface area contributed by atoms with Crippen LogP contribution in [0, 0.1) is 11.3 Å². The molecule has 1 aliphatic rings. The van der Waals surface area contributed by atoms with Crippen LogP contribution in [0.5, 0.6) is 0 Å². The lowest BCUT2D eigenvalue weighted by Gasteiger charge is -2.29. The molecule has 1 aliphatic carbocycles. The lowest BCUT2D eigenvalue weighted by Crippen LogP contribution is -2.40. The van der Waals surface area contributed by atoms with Gasteiger partial charge in [0.15, 0.2) is 0 Å². The molecule has 0 spiro atoms. The molecule has 0 aliphatic heterocycles. The van der Waals surface area contributed by atoms with Crippen LogP contribution in [0.3, 0.4) is 0 Å². The first-order valence-corrected chi connectivity index (χ1v) is 6.58. The number of hydrogen-bond acceptors (Lipinski definition) is 3. The topological polar surface area (TPSA) is 39.9 Å². The highest BCUT2D eigenvalue weighted by Gasteiger charge is 2.34. The van der Waals surface area contributed by atoms with Gasteiger partial charge in [-0.15, -0.1) is 0 Å². The Labute approximate surface area is 116 Å². The molecule has 0 atom stereocenters. The van der Waals surface area contributed by atoms with Crippen molar-refractivity contribution in [2.45, 2.75) is 45.3 Å². The van der Waals surface area contributed by atoms with E-state index < -0.39 is 12.7 Å². The average molecular weight is 283 g/mol. The summed E-state index contributed by atoms with van der Waals surface area (Å²) in [5.41, 5.74) is 2.04. The second-order valence-electron chi connectivity index (χ2n) is 5.27. The summed E-state index contributed by atoms with van der Waals surface area (Å²) in [4.78, 5) is 5.48. The van der Waals surface area contributed by atoms with Crippen LogP contribution in [-0.2, 0) is 12.8 Å². The van der Waals surface area contributed by atoms with Gasteiger partial charge in [0.1, 0.15) is 18.4 Å². The summed E-state index contributed by atoms with van der Waals surface area (Å²) in [6, 6.07) is 3.29. The van der Waals surface area contributed by atoms with Gasteiger partial charge in [0.2, 0.25) is 0 Å². The first-order valence-electron chi connectivity index (χ1n) is 6.58. The molecule has 0 aromatic carbocycles. The zero-order valence-electron chi connectivity index (χ0n) is 11.5. The molecule has 2 rings (SSSR count). The van der Waals surface area contributed by atoms with E-state index in [4.69, 9.17) is 0 Å². The SMILES string of the molecule is CC(C)N(CC(F)(F)F)c1nc2c(cc1C#N)CCC2. The molecule has 0 saturated carbocycles. The summed E-state index contributed by atoms with van der Waals surface area (Å²) in [5.74, 6) is 0.153. The molecule has 108 valence electrons. The van der Waals surface area contributed by atoms with E-state index in [1.54, 1.807) is 19.9 Å². The highest BCUT2D eigenvalue weighted by molar-refractivity contribution is 5.57. The van der Waals surface area contributed by atoms with Crippen molar-refractivity contribution in [2.75, 3.05) is 11.4 Å². The van der Waals surface area contributed by atoms with Gasteiger partial charge in [-0.3, -0.25) is 0 Å². The van der Waals surface area contributed by atoms with Crippen LogP contribution in [0.1, 0.15) is 37.1 Å². The Morgan fingerprint density at radius 2 is 2.10 bits per heavy atom. The van der Waals surface area contributed by atoms with Crippen molar-refractivity contribution >= 4 is 5.82 Å². The quantitative estimate of drug-likeness (QED) is 0.855. The number of rotatable bonds is 3. The molecule has 1 heterocycles. The molecule has 1 aromatic heterocycles. The van der Waals surface area contributed by atoms with Gasteiger partial charge < -0.3 is 4.90 Å². The molecule has 1 aromatic rings. The third kappa shape index (κ3) is 3.03. The van der Waals surface area contributed by atoms with Gasteiger partial charge in [0.05, 0.1) is 5.56 Å². The van der Waals surface area contributed by atoms with Gasteiger partial charge >= 0.3 is 6.18 Å². The molecule has 0 bridgehead atoms. The van der Waals surface area contributed by atoms with Gasteiger partial charge in [-0.2, -0.15) is 18.4 Å². The Kier molecular flexibility index (Phi) is 3.89. The third-order valence-electron chi connectivity index (χ3n) is 3.40. The van der Waals surface area contributed by atoms with Crippen LogP contribution < -0.4 is 4.90 Å². The standard InChI is InChI=1S/C14H16F3N3/c1-9(2)20(8-14(15,16)17)13-11(7-18)6-10-4-3-5-12(10)19-13/h6,9H,3-5,8H2,1-2H3. The molecule has 3 nitrogen and oxygen atoms in total. The van der Waals surface area contributed by atoms with Crippen LogP contribution in [0.2, 0.25) is 0 Å². The highest BCUT2D eigenvalue weighted by Crippen LogP contribution is 2.30. The van der Waals surface area contributed by atoms with Crippen molar-refractivity contribution in [1.82, 2.24) is 4.98 Å². The van der Waals surface area contributed by atoms with Crippen molar-refractivity contribution in [3.05, 3.63) is 22.9 Å². The van der Waals surface area contributed by atoms with Crippen molar-refractivity contribution in [1.29, 1.82) is 5.26 Å². The molecule has 0 fully saturated rings. The monoisotopic (exact) mass is 283 g/mol. The number of nitriles is 1. The number of pyridine rings is 1. The van der Waals surface area contributed by atoms with Gasteiger partial charge in [0, 0.05) is 11.7 Å². The lowest BCUT2D eigenvalue weighted by molar-refractivity contribution is -0.120. The number of fused-ring (bicyclic) bond motifs is 1. The fourth-order valence-corrected chi connectivity index (χ4v) is 2.46. The fraction of sp³-hybridized carbons (Fsp3) is 0.571. The summed E-state index contributed by atoms with van der Waals surface area (Å²) in [5, 5.41) is 9.18. The zero-order chi connectivity index (χ0) is 14.9. The third-order valence-corrected chi connectivity index (χ3v) is 3.40. The predicted octanol–water partition coefficient (Wildman–Crippen LogP) is 3.22. The Morgan fingerprint density at radius 1 is 1.40 bits per heavy atom. The van der Waals surface area contributed by atoms with E-state index in [0.717, 1.165) is 35.4 Å². The zero-order valence-corrected chi connectivity index (χ0v) is 11.5. The summed E-state index contributed by atoms with van der Waals surface area (Å²) >= 11 is 0. The van der Waals surface area contributed by atoms with Crippen molar-refractivity contribution in [3.63, 3.8) is 0 Å². The smallest absolute Gasteiger partial charge is 0.344 e. The van der Waals surface area contributed by atoms with Crippen LogP contribution >= 0.6 is 0 Å². The minimum Gasteiger partial charge on any atom is -0.344 e. The second kappa shape index (κ2) is 5.31. The summed E-state index contributed by atoms with van der Waals surface area (Å²) in [6.45, 7) is 2.24. The van der Waals surface area contributed by atoms with Gasteiger partial charge in [0.25, 0.3) is 0 Å². The summed E-state index contributed by atoms with van der Waals surface area (Å²) in [7, 11) is 0. The molecule has 0 radical (unpaired) electrons. The largest absolute Gasteiger partial charge is 0.405 e. The molecule has 0 saturated heterocycles. The fourth-order valence-electron chi connectivity index (χ4n) is 2.46. The van der Waals surface area contributed by atoms with E-state index in [0.29, 0.717) is 0 Å². The first kappa shape index (κ1) is 14.6. The van der Waals surface area contributed by atoms with E-state index in [1.165, 1.54) is 0 Å². The van der Waals surface area contributed by atoms with Crippen molar-refractivity contribution < 1.29 is 13.2 Å². The molecule has 0 unspecified atom stereocenters. The normalized spacial score (nSPS) is 14.2. The van der Waals surface area contributed by atoms with Crippen LogP contribution in [0.4, 0.5) is 19.0 Å². The second-order valence-corrected chi connectivity index (χ2v) is 5.27. The number of nitrogens with zero attached hydrogens (tertiary/aromatic N) is 3. The Bertz CT molecular complexity index is 544. The summed E-state index contributed by atoms with van der Waals surface area (Å²) in [6.07, 6.45) is -1.76. The molecule has 6 heteroatoms. The number of aryl methyl sites for hydroxylation is 2.